The highest BCUT2D eigenvalue weighted by atomic mass is 79.9. The molecule has 168 valence electrons. The number of aryl methyl sites for hydroxylation is 1. The second-order valence-corrected chi connectivity index (χ2v) is 9.67. The van der Waals surface area contributed by atoms with Crippen molar-refractivity contribution in [2.75, 3.05) is 30.9 Å². The lowest BCUT2D eigenvalue weighted by Crippen LogP contribution is -2.34. The number of benzene rings is 2. The van der Waals surface area contributed by atoms with Gasteiger partial charge >= 0.3 is 0 Å². The maximum absolute atomic E-state index is 12.5. The number of nitrogens with one attached hydrogen (secondary N) is 2. The van der Waals surface area contributed by atoms with Crippen molar-refractivity contribution in [1.82, 2.24) is 15.3 Å². The monoisotopic (exact) mass is 495 g/mol. The fourth-order valence-corrected chi connectivity index (χ4v) is 4.53. The van der Waals surface area contributed by atoms with E-state index in [1.807, 2.05) is 62.3 Å². The maximum atomic E-state index is 12.5. The van der Waals surface area contributed by atoms with Crippen LogP contribution in [0, 0.1) is 12.8 Å². The van der Waals surface area contributed by atoms with Gasteiger partial charge in [0.25, 0.3) is 5.91 Å². The van der Waals surface area contributed by atoms with Gasteiger partial charge in [-0.25, -0.2) is 4.98 Å². The number of amides is 1. The highest BCUT2D eigenvalue weighted by molar-refractivity contribution is 9.10. The van der Waals surface area contributed by atoms with Gasteiger partial charge in [-0.3, -0.25) is 4.79 Å². The van der Waals surface area contributed by atoms with E-state index in [-0.39, 0.29) is 5.91 Å². The Morgan fingerprint density at radius 2 is 1.84 bits per heavy atom. The SMILES string of the molecule is Cc1cc(C(=O)NC[C@H]2CC[C@@H](Nc3nc(N(C)C)c4ccccc4n3)CC2)ccc1Br. The number of anilines is 2. The van der Waals surface area contributed by atoms with Crippen molar-refractivity contribution in [3.63, 3.8) is 0 Å². The number of fused-ring (bicyclic) bond motifs is 1. The Hall–Kier alpha value is -2.67. The van der Waals surface area contributed by atoms with Crippen LogP contribution in [0.4, 0.5) is 11.8 Å². The van der Waals surface area contributed by atoms with Crippen molar-refractivity contribution in [3.8, 4) is 0 Å². The molecule has 0 bridgehead atoms. The highest BCUT2D eigenvalue weighted by Crippen LogP contribution is 2.28. The summed E-state index contributed by atoms with van der Waals surface area (Å²) in [5, 5.41) is 7.72. The van der Waals surface area contributed by atoms with Crippen LogP contribution in [-0.2, 0) is 0 Å². The van der Waals surface area contributed by atoms with Gasteiger partial charge in [0.2, 0.25) is 5.95 Å². The molecule has 4 rings (SSSR count). The van der Waals surface area contributed by atoms with Gasteiger partial charge in [0.05, 0.1) is 5.52 Å². The van der Waals surface area contributed by atoms with Gasteiger partial charge in [-0.05, 0) is 74.4 Å². The van der Waals surface area contributed by atoms with E-state index in [0.717, 1.165) is 59.0 Å². The Balaban J connectivity index is 1.31. The molecule has 1 aromatic heterocycles. The third-order valence-corrected chi connectivity index (χ3v) is 7.05. The third-order valence-electron chi connectivity index (χ3n) is 6.16. The van der Waals surface area contributed by atoms with Crippen LogP contribution in [0.1, 0.15) is 41.6 Å². The maximum Gasteiger partial charge on any atom is 0.251 e. The highest BCUT2D eigenvalue weighted by Gasteiger charge is 2.23. The van der Waals surface area contributed by atoms with Gasteiger partial charge in [0.15, 0.2) is 0 Å². The first-order valence-corrected chi connectivity index (χ1v) is 11.9. The quantitative estimate of drug-likeness (QED) is 0.493. The lowest BCUT2D eigenvalue weighted by atomic mass is 9.86. The molecule has 3 aromatic rings. The fourth-order valence-electron chi connectivity index (χ4n) is 4.28. The lowest BCUT2D eigenvalue weighted by Gasteiger charge is -2.29. The minimum Gasteiger partial charge on any atom is -0.362 e. The van der Waals surface area contributed by atoms with Crippen LogP contribution in [0.25, 0.3) is 10.9 Å². The molecule has 0 radical (unpaired) electrons. The largest absolute Gasteiger partial charge is 0.362 e. The number of halogens is 1. The Labute approximate surface area is 198 Å². The van der Waals surface area contributed by atoms with Gasteiger partial charge < -0.3 is 15.5 Å². The van der Waals surface area contributed by atoms with Gasteiger partial charge in [-0.15, -0.1) is 0 Å². The number of rotatable bonds is 6. The van der Waals surface area contributed by atoms with E-state index in [1.165, 1.54) is 0 Å². The summed E-state index contributed by atoms with van der Waals surface area (Å²) in [6.07, 6.45) is 4.24. The standard InChI is InChI=1S/C25H30BrN5O/c1-16-14-18(10-13-21(16)26)24(32)27-15-17-8-11-19(12-9-17)28-25-29-22-7-5-4-6-20(22)23(30-25)31(2)3/h4-7,10,13-14,17,19H,8-9,11-12,15H2,1-3H3,(H,27,32)(H,28,29,30)/t17-,19+. The Kier molecular flexibility index (Phi) is 6.94. The summed E-state index contributed by atoms with van der Waals surface area (Å²) in [5.74, 6) is 2.12. The summed E-state index contributed by atoms with van der Waals surface area (Å²) in [6, 6.07) is 14.2. The third kappa shape index (κ3) is 5.21. The Bertz CT molecular complexity index is 1110. The summed E-state index contributed by atoms with van der Waals surface area (Å²) >= 11 is 3.48. The summed E-state index contributed by atoms with van der Waals surface area (Å²) in [7, 11) is 4.02. The van der Waals surface area contributed by atoms with Crippen LogP contribution in [0.3, 0.4) is 0 Å². The van der Waals surface area contributed by atoms with Crippen molar-refractivity contribution in [2.24, 2.45) is 5.92 Å². The Morgan fingerprint density at radius 3 is 2.56 bits per heavy atom. The minimum absolute atomic E-state index is 0.00151. The molecule has 1 saturated carbocycles. The zero-order chi connectivity index (χ0) is 22.7. The van der Waals surface area contributed by atoms with E-state index in [0.29, 0.717) is 23.5 Å². The van der Waals surface area contributed by atoms with Gasteiger partial charge in [0.1, 0.15) is 5.82 Å². The number of para-hydroxylation sites is 1. The van der Waals surface area contributed by atoms with Gasteiger partial charge in [-0.2, -0.15) is 4.98 Å². The summed E-state index contributed by atoms with van der Waals surface area (Å²) in [4.78, 5) is 24.0. The lowest BCUT2D eigenvalue weighted by molar-refractivity contribution is 0.0943. The molecular formula is C25H30BrN5O. The molecule has 1 amide bonds. The molecule has 32 heavy (non-hydrogen) atoms. The van der Waals surface area contributed by atoms with E-state index < -0.39 is 0 Å². The molecule has 7 heteroatoms. The molecule has 1 aliphatic carbocycles. The second-order valence-electron chi connectivity index (χ2n) is 8.82. The van der Waals surface area contributed by atoms with Crippen LogP contribution in [0.5, 0.6) is 0 Å². The predicted octanol–water partition coefficient (Wildman–Crippen LogP) is 5.17. The first kappa shape index (κ1) is 22.5. The van der Waals surface area contributed by atoms with E-state index in [2.05, 4.69) is 32.6 Å². The number of hydrogen-bond donors (Lipinski definition) is 2. The van der Waals surface area contributed by atoms with E-state index in [4.69, 9.17) is 9.97 Å². The first-order chi connectivity index (χ1) is 15.4. The number of carbonyl (C=O) groups is 1. The van der Waals surface area contributed by atoms with E-state index >= 15 is 0 Å². The summed E-state index contributed by atoms with van der Waals surface area (Å²) < 4.78 is 1.02. The molecule has 1 aliphatic rings. The van der Waals surface area contributed by atoms with E-state index in [9.17, 15) is 4.79 Å². The summed E-state index contributed by atoms with van der Waals surface area (Å²) in [5.41, 5.74) is 2.73. The molecule has 0 spiro atoms. The molecule has 2 aromatic carbocycles. The zero-order valence-corrected chi connectivity index (χ0v) is 20.4. The molecule has 6 nitrogen and oxygen atoms in total. The van der Waals surface area contributed by atoms with Crippen molar-refractivity contribution in [1.29, 1.82) is 0 Å². The fraction of sp³-hybridized carbons (Fsp3) is 0.400. The molecule has 1 fully saturated rings. The molecule has 1 heterocycles. The average molecular weight is 496 g/mol. The van der Waals surface area contributed by atoms with Crippen LogP contribution in [0.15, 0.2) is 46.9 Å². The number of nitrogens with zero attached hydrogens (tertiary/aromatic N) is 3. The van der Waals surface area contributed by atoms with Crippen LogP contribution >= 0.6 is 15.9 Å². The van der Waals surface area contributed by atoms with E-state index in [1.54, 1.807) is 0 Å². The second kappa shape index (κ2) is 9.86. The predicted molar refractivity (Wildman–Crippen MR) is 134 cm³/mol. The van der Waals surface area contributed by atoms with Crippen LogP contribution < -0.4 is 15.5 Å². The Morgan fingerprint density at radius 1 is 1.09 bits per heavy atom. The molecule has 0 unspecified atom stereocenters. The zero-order valence-electron chi connectivity index (χ0n) is 18.9. The summed E-state index contributed by atoms with van der Waals surface area (Å²) in [6.45, 7) is 2.72. The smallest absolute Gasteiger partial charge is 0.251 e. The van der Waals surface area contributed by atoms with Crippen LogP contribution in [-0.4, -0.2) is 42.6 Å². The van der Waals surface area contributed by atoms with Crippen molar-refractivity contribution < 1.29 is 4.79 Å². The van der Waals surface area contributed by atoms with Crippen molar-refractivity contribution in [3.05, 3.63) is 58.1 Å². The molecule has 0 aliphatic heterocycles. The van der Waals surface area contributed by atoms with Gasteiger partial charge in [0, 0.05) is 42.1 Å². The molecular weight excluding hydrogens is 466 g/mol. The average Bonchev–Trinajstić information content (AvgIpc) is 2.79. The van der Waals surface area contributed by atoms with Crippen LogP contribution in [0.2, 0.25) is 0 Å². The van der Waals surface area contributed by atoms with Crippen molar-refractivity contribution in [2.45, 2.75) is 38.6 Å². The number of carbonyl (C=O) groups excluding carboxylic acids is 1. The molecule has 0 saturated heterocycles. The van der Waals surface area contributed by atoms with Crippen molar-refractivity contribution >= 4 is 44.5 Å². The normalized spacial score (nSPS) is 18.4. The van der Waals surface area contributed by atoms with Gasteiger partial charge in [-0.1, -0.05) is 28.1 Å². The molecule has 2 N–H and O–H groups in total. The minimum atomic E-state index is 0.00151. The topological polar surface area (TPSA) is 70.2 Å². The molecule has 0 atom stereocenters. The number of hydrogen-bond acceptors (Lipinski definition) is 5. The number of aromatic nitrogens is 2. The first-order valence-electron chi connectivity index (χ1n) is 11.2.